The van der Waals surface area contributed by atoms with Gasteiger partial charge in [-0.3, -0.25) is 0 Å². The molecule has 2 rings (SSSR count). The summed E-state index contributed by atoms with van der Waals surface area (Å²) in [6, 6.07) is 0.631. The molecular weight excluding hydrogens is 224 g/mol. The first-order valence-electron chi connectivity index (χ1n) is 7.24. The monoisotopic (exact) mass is 254 g/mol. The summed E-state index contributed by atoms with van der Waals surface area (Å²) in [5.41, 5.74) is 0.624. The molecule has 1 saturated carbocycles. The van der Waals surface area contributed by atoms with Crippen molar-refractivity contribution in [3.05, 3.63) is 0 Å². The fraction of sp³-hybridized carbons (Fsp3) is 1.00. The molecule has 0 spiro atoms. The second-order valence-electron chi connectivity index (χ2n) is 7.83. The molecule has 0 aromatic rings. The Morgan fingerprint density at radius 2 is 2.00 bits per heavy atom. The molecule has 0 amide bonds. The smallest absolute Gasteiger partial charge is 0.0685 e. The Morgan fingerprint density at radius 1 is 1.33 bits per heavy atom. The predicted molar refractivity (Wildman–Crippen MR) is 75.8 cm³/mol. The zero-order chi connectivity index (χ0) is 13.6. The normalized spacial score (nSPS) is 34.5. The van der Waals surface area contributed by atoms with Gasteiger partial charge in [-0.2, -0.15) is 0 Å². The first-order chi connectivity index (χ1) is 8.24. The Balaban J connectivity index is 1.87. The molecule has 3 nitrogen and oxygen atoms in total. The molecule has 2 aliphatic rings. The first kappa shape index (κ1) is 14.3. The fourth-order valence-corrected chi connectivity index (χ4v) is 4.04. The lowest BCUT2D eigenvalue weighted by atomic mass is 9.57. The van der Waals surface area contributed by atoms with E-state index in [4.69, 9.17) is 4.74 Å². The van der Waals surface area contributed by atoms with Gasteiger partial charge in [0.1, 0.15) is 0 Å². The fourth-order valence-electron chi connectivity index (χ4n) is 4.04. The second kappa shape index (κ2) is 4.77. The molecule has 1 aliphatic carbocycles. The van der Waals surface area contributed by atoms with Crippen LogP contribution in [0.25, 0.3) is 0 Å². The van der Waals surface area contributed by atoms with Crippen molar-refractivity contribution in [2.75, 3.05) is 33.8 Å². The van der Waals surface area contributed by atoms with Crippen LogP contribution < -0.4 is 5.32 Å². The van der Waals surface area contributed by atoms with E-state index in [0.717, 1.165) is 25.6 Å². The Bertz CT molecular complexity index is 299. The highest BCUT2D eigenvalue weighted by atomic mass is 16.5. The van der Waals surface area contributed by atoms with Gasteiger partial charge in [-0.25, -0.2) is 0 Å². The predicted octanol–water partition coefficient (Wildman–Crippen LogP) is 1.98. The lowest BCUT2D eigenvalue weighted by Gasteiger charge is -2.55. The maximum absolute atomic E-state index is 5.85. The standard InChI is InChI=1S/C15H30N2O/c1-14(2,10-17(5)6)9-16-12-11-7-8-18-13(11)15(12,3)4/h11-13,16H,7-10H2,1-6H3. The van der Waals surface area contributed by atoms with Crippen LogP contribution in [0.3, 0.4) is 0 Å². The van der Waals surface area contributed by atoms with Crippen molar-refractivity contribution in [3.8, 4) is 0 Å². The van der Waals surface area contributed by atoms with E-state index in [1.54, 1.807) is 0 Å². The van der Waals surface area contributed by atoms with Gasteiger partial charge in [0.15, 0.2) is 0 Å². The molecule has 3 unspecified atom stereocenters. The maximum atomic E-state index is 5.85. The zero-order valence-electron chi connectivity index (χ0n) is 12.9. The molecule has 0 aromatic heterocycles. The van der Waals surface area contributed by atoms with Gasteiger partial charge in [0, 0.05) is 37.1 Å². The Morgan fingerprint density at radius 3 is 2.61 bits per heavy atom. The van der Waals surface area contributed by atoms with Gasteiger partial charge < -0.3 is 15.0 Å². The summed E-state index contributed by atoms with van der Waals surface area (Å²) in [6.45, 7) is 12.5. The Kier molecular flexibility index (Phi) is 3.79. The van der Waals surface area contributed by atoms with Crippen molar-refractivity contribution in [2.24, 2.45) is 16.7 Å². The second-order valence-corrected chi connectivity index (χ2v) is 7.83. The number of ether oxygens (including phenoxy) is 1. The molecule has 1 N–H and O–H groups in total. The molecule has 2 fully saturated rings. The zero-order valence-corrected chi connectivity index (χ0v) is 12.9. The third kappa shape index (κ3) is 2.59. The summed E-state index contributed by atoms with van der Waals surface area (Å²) in [5.74, 6) is 0.746. The Hall–Kier alpha value is -0.120. The molecule has 106 valence electrons. The van der Waals surface area contributed by atoms with Crippen LogP contribution in [0, 0.1) is 16.7 Å². The maximum Gasteiger partial charge on any atom is 0.0685 e. The van der Waals surface area contributed by atoms with Crippen LogP contribution >= 0.6 is 0 Å². The first-order valence-corrected chi connectivity index (χ1v) is 7.24. The highest BCUT2D eigenvalue weighted by Gasteiger charge is 2.59. The molecule has 3 atom stereocenters. The average molecular weight is 254 g/mol. The van der Waals surface area contributed by atoms with Crippen molar-refractivity contribution in [3.63, 3.8) is 0 Å². The van der Waals surface area contributed by atoms with Crippen molar-refractivity contribution in [1.29, 1.82) is 0 Å². The summed E-state index contributed by atoms with van der Waals surface area (Å²) >= 11 is 0. The van der Waals surface area contributed by atoms with E-state index >= 15 is 0 Å². The Labute approximate surface area is 112 Å². The SMILES string of the molecule is CN(C)CC(C)(C)CNC1C2CCOC2C1(C)C. The van der Waals surface area contributed by atoms with Crippen LogP contribution in [0.15, 0.2) is 0 Å². The van der Waals surface area contributed by atoms with Crippen LogP contribution in [0.2, 0.25) is 0 Å². The number of fused-ring (bicyclic) bond motifs is 1. The molecule has 3 heteroatoms. The summed E-state index contributed by atoms with van der Waals surface area (Å²) in [7, 11) is 4.30. The minimum absolute atomic E-state index is 0.301. The van der Waals surface area contributed by atoms with Gasteiger partial charge in [0.2, 0.25) is 0 Å². The van der Waals surface area contributed by atoms with Crippen LogP contribution in [0.4, 0.5) is 0 Å². The molecular formula is C15H30N2O. The average Bonchev–Trinajstić information content (AvgIpc) is 2.61. The topological polar surface area (TPSA) is 24.5 Å². The van der Waals surface area contributed by atoms with E-state index in [1.807, 2.05) is 0 Å². The number of hydrogen-bond acceptors (Lipinski definition) is 3. The van der Waals surface area contributed by atoms with E-state index in [2.05, 4.69) is 52.0 Å². The lowest BCUT2D eigenvalue weighted by molar-refractivity contribution is -0.114. The van der Waals surface area contributed by atoms with Gasteiger partial charge >= 0.3 is 0 Å². The number of nitrogens with one attached hydrogen (secondary N) is 1. The molecule has 0 bridgehead atoms. The molecule has 18 heavy (non-hydrogen) atoms. The highest BCUT2D eigenvalue weighted by Crippen LogP contribution is 2.52. The lowest BCUT2D eigenvalue weighted by Crippen LogP contribution is -2.66. The molecule has 1 heterocycles. The van der Waals surface area contributed by atoms with Gasteiger partial charge in [0.25, 0.3) is 0 Å². The van der Waals surface area contributed by atoms with Gasteiger partial charge in [0.05, 0.1) is 6.10 Å². The van der Waals surface area contributed by atoms with Crippen molar-refractivity contribution < 1.29 is 4.74 Å². The number of nitrogens with zero attached hydrogens (tertiary/aromatic N) is 1. The van der Waals surface area contributed by atoms with Crippen LogP contribution in [-0.2, 0) is 4.74 Å². The van der Waals surface area contributed by atoms with E-state index < -0.39 is 0 Å². The third-order valence-corrected chi connectivity index (χ3v) is 4.65. The largest absolute Gasteiger partial charge is 0.377 e. The van der Waals surface area contributed by atoms with Crippen molar-refractivity contribution in [2.45, 2.75) is 46.3 Å². The van der Waals surface area contributed by atoms with Crippen LogP contribution in [0.1, 0.15) is 34.1 Å². The number of hydrogen-bond donors (Lipinski definition) is 1. The van der Waals surface area contributed by atoms with Gasteiger partial charge in [-0.15, -0.1) is 0 Å². The van der Waals surface area contributed by atoms with E-state index in [9.17, 15) is 0 Å². The quantitative estimate of drug-likeness (QED) is 0.812. The molecule has 0 radical (unpaired) electrons. The highest BCUT2D eigenvalue weighted by molar-refractivity contribution is 5.11. The summed E-state index contributed by atoms with van der Waals surface area (Å²) < 4.78 is 5.85. The van der Waals surface area contributed by atoms with Crippen LogP contribution in [0.5, 0.6) is 0 Å². The van der Waals surface area contributed by atoms with Crippen LogP contribution in [-0.4, -0.2) is 50.8 Å². The van der Waals surface area contributed by atoms with Crippen molar-refractivity contribution >= 4 is 0 Å². The van der Waals surface area contributed by atoms with E-state index in [-0.39, 0.29) is 0 Å². The molecule has 1 saturated heterocycles. The van der Waals surface area contributed by atoms with E-state index in [0.29, 0.717) is 23.0 Å². The van der Waals surface area contributed by atoms with E-state index in [1.165, 1.54) is 6.42 Å². The van der Waals surface area contributed by atoms with Gasteiger partial charge in [-0.05, 0) is 25.9 Å². The summed E-state index contributed by atoms with van der Waals surface area (Å²) in [4.78, 5) is 2.27. The summed E-state index contributed by atoms with van der Waals surface area (Å²) in [6.07, 6.45) is 1.73. The third-order valence-electron chi connectivity index (χ3n) is 4.65. The van der Waals surface area contributed by atoms with Crippen molar-refractivity contribution in [1.82, 2.24) is 10.2 Å². The minimum atomic E-state index is 0.301. The molecule has 1 aliphatic heterocycles. The summed E-state index contributed by atoms with van der Waals surface area (Å²) in [5, 5.41) is 3.82. The molecule has 0 aromatic carbocycles. The van der Waals surface area contributed by atoms with Gasteiger partial charge in [-0.1, -0.05) is 27.7 Å². The number of rotatable bonds is 5. The minimum Gasteiger partial charge on any atom is -0.377 e.